The molecule has 0 atom stereocenters. The first kappa shape index (κ1) is 14.9. The molecule has 0 aliphatic carbocycles. The smallest absolute Gasteiger partial charge is 0.336 e. The number of pyridine rings is 1. The van der Waals surface area contributed by atoms with Crippen LogP contribution in [0.2, 0.25) is 0 Å². The van der Waals surface area contributed by atoms with Crippen LogP contribution in [-0.2, 0) is 12.7 Å². The largest absolute Gasteiger partial charge is 0.433 e. The SMILES string of the molecule is CN(Cc1cccc(C(F)(F)F)n1)C(=O)c1cncnc1. The van der Waals surface area contributed by atoms with Crippen LogP contribution in [-0.4, -0.2) is 32.8 Å². The number of amides is 1. The number of rotatable bonds is 3. The van der Waals surface area contributed by atoms with Crippen LogP contribution in [0, 0.1) is 0 Å². The van der Waals surface area contributed by atoms with Crippen molar-refractivity contribution in [2.24, 2.45) is 0 Å². The highest BCUT2D eigenvalue weighted by Gasteiger charge is 2.32. The molecule has 0 aromatic carbocycles. The summed E-state index contributed by atoms with van der Waals surface area (Å²) in [4.78, 5) is 24.2. The number of nitrogens with zero attached hydrogens (tertiary/aromatic N) is 4. The molecule has 1 amide bonds. The molecule has 2 aromatic heterocycles. The molecule has 5 nitrogen and oxygen atoms in total. The Balaban J connectivity index is 2.13. The fraction of sp³-hybridized carbons (Fsp3) is 0.231. The lowest BCUT2D eigenvalue weighted by Crippen LogP contribution is -2.27. The van der Waals surface area contributed by atoms with Gasteiger partial charge in [0, 0.05) is 19.4 Å². The molecule has 110 valence electrons. The molecule has 2 aromatic rings. The van der Waals surface area contributed by atoms with Gasteiger partial charge in [0.2, 0.25) is 0 Å². The van der Waals surface area contributed by atoms with E-state index in [0.717, 1.165) is 6.07 Å². The number of hydrogen-bond acceptors (Lipinski definition) is 4. The summed E-state index contributed by atoms with van der Waals surface area (Å²) in [5, 5.41) is 0. The van der Waals surface area contributed by atoms with Crippen LogP contribution in [0.1, 0.15) is 21.7 Å². The maximum atomic E-state index is 12.6. The number of alkyl halides is 3. The number of hydrogen-bond donors (Lipinski definition) is 0. The first-order chi connectivity index (χ1) is 9.88. The van der Waals surface area contributed by atoms with Gasteiger partial charge in [-0.25, -0.2) is 15.0 Å². The zero-order valence-corrected chi connectivity index (χ0v) is 11.0. The summed E-state index contributed by atoms with van der Waals surface area (Å²) in [6.45, 7) is -0.0440. The molecular formula is C13H11F3N4O. The van der Waals surface area contributed by atoms with Gasteiger partial charge < -0.3 is 4.90 Å². The van der Waals surface area contributed by atoms with E-state index in [1.807, 2.05) is 0 Å². The van der Waals surface area contributed by atoms with Crippen LogP contribution in [0.5, 0.6) is 0 Å². The van der Waals surface area contributed by atoms with E-state index in [-0.39, 0.29) is 17.8 Å². The average molecular weight is 296 g/mol. The van der Waals surface area contributed by atoms with Gasteiger partial charge in [-0.15, -0.1) is 0 Å². The van der Waals surface area contributed by atoms with Gasteiger partial charge in [-0.2, -0.15) is 13.2 Å². The standard InChI is InChI=1S/C13H11F3N4O/c1-20(12(21)9-5-17-8-18-6-9)7-10-3-2-4-11(19-10)13(14,15)16/h2-6,8H,7H2,1H3. The Morgan fingerprint density at radius 2 is 1.90 bits per heavy atom. The Labute approximate surface area is 118 Å². The van der Waals surface area contributed by atoms with Crippen molar-refractivity contribution in [2.75, 3.05) is 7.05 Å². The lowest BCUT2D eigenvalue weighted by molar-refractivity contribution is -0.141. The van der Waals surface area contributed by atoms with Crippen LogP contribution < -0.4 is 0 Å². The van der Waals surface area contributed by atoms with Crippen molar-refractivity contribution in [2.45, 2.75) is 12.7 Å². The summed E-state index contributed by atoms with van der Waals surface area (Å²) < 4.78 is 37.7. The van der Waals surface area contributed by atoms with Crippen molar-refractivity contribution in [1.82, 2.24) is 19.9 Å². The Hall–Kier alpha value is -2.51. The monoisotopic (exact) mass is 296 g/mol. The fourth-order valence-corrected chi connectivity index (χ4v) is 1.67. The van der Waals surface area contributed by atoms with Crippen LogP contribution in [0.15, 0.2) is 36.9 Å². The third kappa shape index (κ3) is 3.74. The quantitative estimate of drug-likeness (QED) is 0.871. The van der Waals surface area contributed by atoms with Crippen LogP contribution in [0.4, 0.5) is 13.2 Å². The first-order valence-electron chi connectivity index (χ1n) is 5.91. The van der Waals surface area contributed by atoms with Gasteiger partial charge in [-0.1, -0.05) is 6.07 Å². The van der Waals surface area contributed by atoms with Gasteiger partial charge in [0.05, 0.1) is 17.8 Å². The second-order valence-corrected chi connectivity index (χ2v) is 4.30. The molecule has 0 unspecified atom stereocenters. The van der Waals surface area contributed by atoms with Crippen LogP contribution in [0.25, 0.3) is 0 Å². The minimum absolute atomic E-state index is 0.0440. The van der Waals surface area contributed by atoms with Gasteiger partial charge in [0.1, 0.15) is 12.0 Å². The van der Waals surface area contributed by atoms with Gasteiger partial charge in [0.25, 0.3) is 5.91 Å². The van der Waals surface area contributed by atoms with Gasteiger partial charge >= 0.3 is 6.18 Å². The molecule has 0 saturated carbocycles. The second-order valence-electron chi connectivity index (χ2n) is 4.30. The van der Waals surface area contributed by atoms with Gasteiger partial charge in [0.15, 0.2) is 0 Å². The molecule has 0 aliphatic rings. The molecule has 8 heteroatoms. The summed E-state index contributed by atoms with van der Waals surface area (Å²) in [6.07, 6.45) is -0.548. The van der Waals surface area contributed by atoms with Crippen molar-refractivity contribution in [3.8, 4) is 0 Å². The van der Waals surface area contributed by atoms with Crippen LogP contribution in [0.3, 0.4) is 0 Å². The van der Waals surface area contributed by atoms with E-state index in [9.17, 15) is 18.0 Å². The Morgan fingerprint density at radius 3 is 2.52 bits per heavy atom. The van der Waals surface area contributed by atoms with Crippen molar-refractivity contribution in [3.63, 3.8) is 0 Å². The average Bonchev–Trinajstić information content (AvgIpc) is 2.47. The first-order valence-corrected chi connectivity index (χ1v) is 5.91. The molecule has 0 radical (unpaired) electrons. The zero-order chi connectivity index (χ0) is 15.5. The minimum atomic E-state index is -4.51. The molecule has 0 aliphatic heterocycles. The molecule has 0 fully saturated rings. The van der Waals surface area contributed by atoms with E-state index in [0.29, 0.717) is 0 Å². The van der Waals surface area contributed by atoms with E-state index >= 15 is 0 Å². The third-order valence-electron chi connectivity index (χ3n) is 2.65. The fourth-order valence-electron chi connectivity index (χ4n) is 1.67. The predicted molar refractivity (Wildman–Crippen MR) is 67.1 cm³/mol. The van der Waals surface area contributed by atoms with E-state index < -0.39 is 17.8 Å². The van der Waals surface area contributed by atoms with E-state index in [4.69, 9.17) is 0 Å². The molecule has 0 saturated heterocycles. The van der Waals surface area contributed by atoms with Crippen molar-refractivity contribution in [1.29, 1.82) is 0 Å². The topological polar surface area (TPSA) is 59.0 Å². The Kier molecular flexibility index (Phi) is 4.15. The zero-order valence-electron chi connectivity index (χ0n) is 11.0. The number of carbonyl (C=O) groups is 1. The highest BCUT2D eigenvalue weighted by molar-refractivity contribution is 5.93. The number of carbonyl (C=O) groups excluding carboxylic acids is 1. The van der Waals surface area contributed by atoms with Gasteiger partial charge in [-0.3, -0.25) is 4.79 Å². The molecule has 2 heterocycles. The lowest BCUT2D eigenvalue weighted by Gasteiger charge is -2.17. The highest BCUT2D eigenvalue weighted by atomic mass is 19.4. The summed E-state index contributed by atoms with van der Waals surface area (Å²) >= 11 is 0. The maximum Gasteiger partial charge on any atom is 0.433 e. The molecular weight excluding hydrogens is 285 g/mol. The van der Waals surface area contributed by atoms with Crippen molar-refractivity contribution >= 4 is 5.91 Å². The Morgan fingerprint density at radius 1 is 1.24 bits per heavy atom. The summed E-state index contributed by atoms with van der Waals surface area (Å²) in [7, 11) is 1.47. The highest BCUT2D eigenvalue weighted by Crippen LogP contribution is 2.27. The van der Waals surface area contributed by atoms with E-state index in [1.54, 1.807) is 0 Å². The summed E-state index contributed by atoms with van der Waals surface area (Å²) in [6, 6.07) is 3.58. The van der Waals surface area contributed by atoms with Crippen LogP contribution >= 0.6 is 0 Å². The van der Waals surface area contributed by atoms with E-state index in [1.165, 1.54) is 42.8 Å². The molecule has 21 heavy (non-hydrogen) atoms. The lowest BCUT2D eigenvalue weighted by atomic mass is 10.2. The number of aromatic nitrogens is 3. The number of halogens is 3. The molecule has 0 bridgehead atoms. The molecule has 0 N–H and O–H groups in total. The third-order valence-corrected chi connectivity index (χ3v) is 2.65. The normalized spacial score (nSPS) is 11.2. The second kappa shape index (κ2) is 5.86. The predicted octanol–water partition coefficient (Wildman–Crippen LogP) is 2.16. The van der Waals surface area contributed by atoms with Crippen molar-refractivity contribution < 1.29 is 18.0 Å². The molecule has 0 spiro atoms. The summed E-state index contributed by atoms with van der Waals surface area (Å²) in [5.41, 5.74) is -0.576. The summed E-state index contributed by atoms with van der Waals surface area (Å²) in [5.74, 6) is -0.394. The Bertz CT molecular complexity index is 631. The van der Waals surface area contributed by atoms with Crippen molar-refractivity contribution in [3.05, 3.63) is 53.9 Å². The molecule has 2 rings (SSSR count). The van der Waals surface area contributed by atoms with Gasteiger partial charge in [-0.05, 0) is 12.1 Å². The maximum absolute atomic E-state index is 12.6. The van der Waals surface area contributed by atoms with E-state index in [2.05, 4.69) is 15.0 Å². The minimum Gasteiger partial charge on any atom is -0.336 e.